The summed E-state index contributed by atoms with van der Waals surface area (Å²) in [6.45, 7) is 1.71. The first-order valence-corrected chi connectivity index (χ1v) is 7.13. The van der Waals surface area contributed by atoms with Gasteiger partial charge in [0.25, 0.3) is 0 Å². The Morgan fingerprint density at radius 3 is 2.41 bits per heavy atom. The van der Waals surface area contributed by atoms with Crippen LogP contribution >= 0.6 is 11.6 Å². The molecule has 0 spiro atoms. The predicted molar refractivity (Wildman–Crippen MR) is 85.7 cm³/mol. The molecular weight excluding hydrogens is 302 g/mol. The number of anilines is 1. The van der Waals surface area contributed by atoms with E-state index in [9.17, 15) is 9.59 Å². The largest absolute Gasteiger partial charge is 0.444 e. The molecule has 22 heavy (non-hydrogen) atoms. The monoisotopic (exact) mass is 316 g/mol. The summed E-state index contributed by atoms with van der Waals surface area (Å²) in [5.74, 6) is 0. The molecule has 2 aromatic rings. The molecule has 0 N–H and O–H groups in total. The van der Waals surface area contributed by atoms with E-state index >= 15 is 0 Å². The quantitative estimate of drug-likeness (QED) is 0.838. The van der Waals surface area contributed by atoms with Crippen LogP contribution < -0.4 is 4.90 Å². The highest BCUT2D eigenvalue weighted by atomic mass is 35.5. The highest BCUT2D eigenvalue weighted by Crippen LogP contribution is 2.21. The van der Waals surface area contributed by atoms with Crippen molar-refractivity contribution in [3.05, 3.63) is 65.2 Å². The van der Waals surface area contributed by atoms with Gasteiger partial charge < -0.3 is 4.74 Å². The summed E-state index contributed by atoms with van der Waals surface area (Å²) in [6, 6.07) is 15.2. The van der Waals surface area contributed by atoms with Crippen molar-refractivity contribution in [2.75, 3.05) is 4.90 Å². The molecule has 0 aliphatic heterocycles. The average Bonchev–Trinajstić information content (AvgIpc) is 2.55. The van der Waals surface area contributed by atoms with Crippen molar-refractivity contribution in [3.8, 4) is 0 Å². The van der Waals surface area contributed by atoms with Crippen molar-refractivity contribution >= 4 is 29.7 Å². The SMILES string of the molecule is C[C@@H]([C]=O)N(C(=O)OCc1ccccc1)c1ccc(Cl)cc1. The fourth-order valence-electron chi connectivity index (χ4n) is 1.93. The van der Waals surface area contributed by atoms with E-state index in [2.05, 4.69) is 0 Å². The van der Waals surface area contributed by atoms with Crippen LogP contribution in [0.4, 0.5) is 10.5 Å². The first kappa shape index (κ1) is 16.0. The van der Waals surface area contributed by atoms with E-state index in [0.717, 1.165) is 5.56 Å². The van der Waals surface area contributed by atoms with Gasteiger partial charge in [-0.25, -0.2) is 4.79 Å². The third-order valence-electron chi connectivity index (χ3n) is 3.06. The van der Waals surface area contributed by atoms with E-state index in [-0.39, 0.29) is 6.61 Å². The third-order valence-corrected chi connectivity index (χ3v) is 3.32. The van der Waals surface area contributed by atoms with Crippen LogP contribution in [0.15, 0.2) is 54.6 Å². The molecule has 1 radical (unpaired) electrons. The predicted octanol–water partition coefficient (Wildman–Crippen LogP) is 3.98. The minimum absolute atomic E-state index is 0.134. The maximum atomic E-state index is 12.3. The number of hydrogen-bond donors (Lipinski definition) is 0. The number of carbonyl (C=O) groups is 1. The molecule has 0 unspecified atom stereocenters. The Hall–Kier alpha value is -2.33. The number of rotatable bonds is 5. The first-order valence-electron chi connectivity index (χ1n) is 6.75. The zero-order valence-corrected chi connectivity index (χ0v) is 12.8. The van der Waals surface area contributed by atoms with Crippen LogP contribution in [0.5, 0.6) is 0 Å². The fourth-order valence-corrected chi connectivity index (χ4v) is 2.06. The van der Waals surface area contributed by atoms with Crippen LogP contribution in [0, 0.1) is 0 Å². The second-order valence-electron chi connectivity index (χ2n) is 4.68. The van der Waals surface area contributed by atoms with E-state index in [0.29, 0.717) is 10.7 Å². The van der Waals surface area contributed by atoms with Crippen molar-refractivity contribution in [3.63, 3.8) is 0 Å². The second kappa shape index (κ2) is 7.61. The molecule has 0 aliphatic rings. The summed E-state index contributed by atoms with van der Waals surface area (Å²) in [7, 11) is 0. The molecule has 5 heteroatoms. The molecule has 1 atom stereocenters. The summed E-state index contributed by atoms with van der Waals surface area (Å²) in [6.07, 6.45) is 1.19. The fraction of sp³-hybridized carbons (Fsp3) is 0.176. The highest BCUT2D eigenvalue weighted by molar-refractivity contribution is 6.30. The van der Waals surface area contributed by atoms with Crippen molar-refractivity contribution in [2.45, 2.75) is 19.6 Å². The van der Waals surface area contributed by atoms with Gasteiger partial charge >= 0.3 is 6.09 Å². The number of hydrogen-bond acceptors (Lipinski definition) is 3. The number of halogens is 1. The van der Waals surface area contributed by atoms with Crippen LogP contribution in [0.3, 0.4) is 0 Å². The third kappa shape index (κ3) is 4.09. The van der Waals surface area contributed by atoms with Crippen LogP contribution in [-0.4, -0.2) is 18.4 Å². The van der Waals surface area contributed by atoms with E-state index in [1.165, 1.54) is 4.90 Å². The molecule has 113 valence electrons. The number of carbonyl (C=O) groups excluding carboxylic acids is 2. The van der Waals surface area contributed by atoms with Gasteiger partial charge in [-0.3, -0.25) is 9.69 Å². The standard InChI is InChI=1S/C17H15ClNO3/c1-13(11-20)19(16-9-7-15(18)8-10-16)17(21)22-12-14-5-3-2-4-6-14/h2-10,13H,12H2,1H3/t13-/m0/s1. The lowest BCUT2D eigenvalue weighted by molar-refractivity contribution is 0.146. The molecule has 2 aromatic carbocycles. The highest BCUT2D eigenvalue weighted by Gasteiger charge is 2.23. The van der Waals surface area contributed by atoms with Crippen LogP contribution in [0.1, 0.15) is 12.5 Å². The Bertz CT molecular complexity index is 628. The number of nitrogens with zero attached hydrogens (tertiary/aromatic N) is 1. The van der Waals surface area contributed by atoms with Gasteiger partial charge in [-0.15, -0.1) is 0 Å². The zero-order valence-electron chi connectivity index (χ0n) is 12.0. The van der Waals surface area contributed by atoms with Crippen LogP contribution in [0.25, 0.3) is 0 Å². The van der Waals surface area contributed by atoms with Crippen molar-refractivity contribution < 1.29 is 14.3 Å². The molecule has 0 heterocycles. The lowest BCUT2D eigenvalue weighted by atomic mass is 10.2. The van der Waals surface area contributed by atoms with E-state index < -0.39 is 12.1 Å². The first-order chi connectivity index (χ1) is 10.6. The maximum absolute atomic E-state index is 12.3. The van der Waals surface area contributed by atoms with Gasteiger partial charge in [0.15, 0.2) is 0 Å². The van der Waals surface area contributed by atoms with E-state index in [1.807, 2.05) is 30.3 Å². The maximum Gasteiger partial charge on any atom is 0.415 e. The molecule has 0 saturated carbocycles. The lowest BCUT2D eigenvalue weighted by Crippen LogP contribution is -2.40. The molecule has 0 aromatic heterocycles. The molecule has 4 nitrogen and oxygen atoms in total. The Balaban J connectivity index is 2.13. The molecule has 0 aliphatic carbocycles. The van der Waals surface area contributed by atoms with E-state index in [4.69, 9.17) is 16.3 Å². The van der Waals surface area contributed by atoms with Gasteiger partial charge in [0, 0.05) is 10.7 Å². The molecule has 1 amide bonds. The zero-order chi connectivity index (χ0) is 15.9. The van der Waals surface area contributed by atoms with Gasteiger partial charge in [0.05, 0.1) is 0 Å². The Kier molecular flexibility index (Phi) is 5.55. The molecule has 0 fully saturated rings. The molecule has 2 rings (SSSR count). The Morgan fingerprint density at radius 1 is 1.18 bits per heavy atom. The van der Waals surface area contributed by atoms with Crippen molar-refractivity contribution in [2.24, 2.45) is 0 Å². The molecule has 0 saturated heterocycles. The number of amides is 1. The van der Waals surface area contributed by atoms with Gasteiger partial charge in [-0.2, -0.15) is 0 Å². The van der Waals surface area contributed by atoms with Crippen molar-refractivity contribution in [1.29, 1.82) is 0 Å². The summed E-state index contributed by atoms with van der Waals surface area (Å²) < 4.78 is 5.27. The summed E-state index contributed by atoms with van der Waals surface area (Å²) in [4.78, 5) is 24.5. The minimum atomic E-state index is -0.760. The Labute approximate surface area is 134 Å². The number of ether oxygens (including phenoxy) is 1. The normalized spacial score (nSPS) is 11.5. The topological polar surface area (TPSA) is 46.6 Å². The van der Waals surface area contributed by atoms with Crippen LogP contribution in [-0.2, 0) is 16.1 Å². The van der Waals surface area contributed by atoms with Gasteiger partial charge in [0.1, 0.15) is 12.6 Å². The minimum Gasteiger partial charge on any atom is -0.444 e. The summed E-state index contributed by atoms with van der Waals surface area (Å²) >= 11 is 5.84. The molecular formula is C17H15ClNO3. The lowest BCUT2D eigenvalue weighted by Gasteiger charge is -2.24. The van der Waals surface area contributed by atoms with Gasteiger partial charge in [0.2, 0.25) is 6.29 Å². The summed E-state index contributed by atoms with van der Waals surface area (Å²) in [5, 5.41) is 0.545. The Morgan fingerprint density at radius 2 is 1.82 bits per heavy atom. The average molecular weight is 317 g/mol. The van der Waals surface area contributed by atoms with E-state index in [1.54, 1.807) is 37.5 Å². The van der Waals surface area contributed by atoms with Crippen LogP contribution in [0.2, 0.25) is 5.02 Å². The smallest absolute Gasteiger partial charge is 0.415 e. The van der Waals surface area contributed by atoms with Crippen molar-refractivity contribution in [1.82, 2.24) is 0 Å². The van der Waals surface area contributed by atoms with Gasteiger partial charge in [-0.1, -0.05) is 41.9 Å². The number of benzene rings is 2. The second-order valence-corrected chi connectivity index (χ2v) is 5.12. The molecule has 0 bridgehead atoms. The summed E-state index contributed by atoms with van der Waals surface area (Å²) in [5.41, 5.74) is 1.40. The van der Waals surface area contributed by atoms with Gasteiger partial charge in [-0.05, 0) is 36.8 Å².